The van der Waals surface area contributed by atoms with Gasteiger partial charge in [-0.15, -0.1) is 10.2 Å². The summed E-state index contributed by atoms with van der Waals surface area (Å²) < 4.78 is 7.01. The fourth-order valence-corrected chi connectivity index (χ4v) is 3.77. The Morgan fingerprint density at radius 1 is 1.24 bits per heavy atom. The molecular weight excluding hydrogens is 386 g/mol. The first-order valence-electron chi connectivity index (χ1n) is 9.64. The number of anilines is 1. The van der Waals surface area contributed by atoms with Gasteiger partial charge < -0.3 is 14.4 Å². The molecule has 0 aliphatic carbocycles. The van der Waals surface area contributed by atoms with E-state index in [1.54, 1.807) is 13.0 Å². The van der Waals surface area contributed by atoms with Gasteiger partial charge >= 0.3 is 0 Å². The van der Waals surface area contributed by atoms with Gasteiger partial charge in [0, 0.05) is 18.2 Å². The number of hydrogen-bond acceptors (Lipinski definition) is 6. The zero-order chi connectivity index (χ0) is 21.2. The summed E-state index contributed by atoms with van der Waals surface area (Å²) in [6.45, 7) is 12.9. The van der Waals surface area contributed by atoms with Crippen LogP contribution >= 0.6 is 11.8 Å². The third-order valence-electron chi connectivity index (χ3n) is 4.57. The molecule has 0 radical (unpaired) electrons. The minimum atomic E-state index is -0.363. The highest BCUT2D eigenvalue weighted by Crippen LogP contribution is 2.29. The van der Waals surface area contributed by atoms with Crippen LogP contribution in [0, 0.1) is 6.92 Å². The second-order valence-corrected chi connectivity index (χ2v) is 9.26. The topological polar surface area (TPSA) is 85.8 Å². The van der Waals surface area contributed by atoms with E-state index in [0.717, 1.165) is 11.4 Å². The number of rotatable bonds is 6. The van der Waals surface area contributed by atoms with Gasteiger partial charge in [-0.2, -0.15) is 0 Å². The maximum atomic E-state index is 12.5. The van der Waals surface area contributed by atoms with Crippen LogP contribution < -0.4 is 5.32 Å². The van der Waals surface area contributed by atoms with Crippen molar-refractivity contribution in [3.05, 3.63) is 41.7 Å². The Morgan fingerprint density at radius 2 is 1.93 bits per heavy atom. The molecule has 1 atom stereocenters. The molecular formula is C21H27N5O2S. The lowest BCUT2D eigenvalue weighted by Crippen LogP contribution is -2.23. The van der Waals surface area contributed by atoms with Crippen LogP contribution in [-0.4, -0.2) is 31.1 Å². The first-order chi connectivity index (χ1) is 13.7. The molecule has 3 aromatic rings. The molecule has 7 nitrogen and oxygen atoms in total. The summed E-state index contributed by atoms with van der Waals surface area (Å²) in [6, 6.07) is 10.1. The normalized spacial score (nSPS) is 12.8. The van der Waals surface area contributed by atoms with Crippen molar-refractivity contribution in [2.45, 2.75) is 63.9 Å². The number of nitrogens with zero attached hydrogens (tertiary/aromatic N) is 4. The number of thioether (sulfide) groups is 1. The Bertz CT molecular complexity index is 985. The molecule has 3 rings (SSSR count). The Morgan fingerprint density at radius 3 is 2.48 bits per heavy atom. The van der Waals surface area contributed by atoms with Crippen molar-refractivity contribution >= 4 is 23.5 Å². The van der Waals surface area contributed by atoms with E-state index < -0.39 is 0 Å². The summed E-state index contributed by atoms with van der Waals surface area (Å²) in [5.74, 6) is 1.70. The number of benzene rings is 1. The molecule has 1 amide bonds. The Labute approximate surface area is 175 Å². The molecule has 0 aliphatic heterocycles. The molecule has 0 bridgehead atoms. The van der Waals surface area contributed by atoms with Crippen molar-refractivity contribution in [3.8, 4) is 11.4 Å². The van der Waals surface area contributed by atoms with Gasteiger partial charge in [0.2, 0.25) is 5.91 Å². The highest BCUT2D eigenvalue weighted by Gasteiger charge is 2.21. The van der Waals surface area contributed by atoms with Crippen molar-refractivity contribution in [2.24, 2.45) is 0 Å². The Balaban J connectivity index is 1.76. The summed E-state index contributed by atoms with van der Waals surface area (Å²) in [5.41, 5.74) is 2.38. The zero-order valence-electron chi connectivity index (χ0n) is 17.7. The minimum absolute atomic E-state index is 0.100. The van der Waals surface area contributed by atoms with Crippen LogP contribution in [0.5, 0.6) is 0 Å². The molecule has 0 saturated heterocycles. The number of carbonyl (C=O) groups is 1. The van der Waals surface area contributed by atoms with Gasteiger partial charge in [0.25, 0.3) is 0 Å². The second kappa shape index (κ2) is 8.41. The molecule has 0 spiro atoms. The van der Waals surface area contributed by atoms with Crippen LogP contribution in [0.3, 0.4) is 0 Å². The van der Waals surface area contributed by atoms with Crippen molar-refractivity contribution in [3.63, 3.8) is 0 Å². The first-order valence-corrected chi connectivity index (χ1v) is 10.5. The number of amides is 1. The maximum absolute atomic E-state index is 12.5. The lowest BCUT2D eigenvalue weighted by molar-refractivity contribution is -0.115. The minimum Gasteiger partial charge on any atom is -0.360 e. The van der Waals surface area contributed by atoms with Crippen LogP contribution in [0.2, 0.25) is 0 Å². The molecule has 0 saturated carbocycles. The SMILES string of the molecule is CCn1c(SC(C)C(=O)Nc2cc(C)on2)nnc1-c1ccc(C(C)(C)C)cc1. The van der Waals surface area contributed by atoms with Crippen LogP contribution in [0.25, 0.3) is 11.4 Å². The quantitative estimate of drug-likeness (QED) is 0.591. The van der Waals surface area contributed by atoms with Crippen LogP contribution in [-0.2, 0) is 16.8 Å². The molecule has 1 unspecified atom stereocenters. The molecule has 1 aromatic carbocycles. The van der Waals surface area contributed by atoms with Crippen molar-refractivity contribution in [1.29, 1.82) is 0 Å². The van der Waals surface area contributed by atoms with E-state index in [4.69, 9.17) is 4.52 Å². The van der Waals surface area contributed by atoms with E-state index >= 15 is 0 Å². The lowest BCUT2D eigenvalue weighted by Gasteiger charge is -2.19. The number of nitrogens with one attached hydrogen (secondary N) is 1. The van der Waals surface area contributed by atoms with Crippen LogP contribution in [0.1, 0.15) is 45.9 Å². The van der Waals surface area contributed by atoms with Crippen molar-refractivity contribution in [1.82, 2.24) is 19.9 Å². The third kappa shape index (κ3) is 4.87. The van der Waals surface area contributed by atoms with Crippen LogP contribution in [0.4, 0.5) is 5.82 Å². The number of carbonyl (C=O) groups excluding carboxylic acids is 1. The molecule has 2 aromatic heterocycles. The fraction of sp³-hybridized carbons (Fsp3) is 0.429. The summed E-state index contributed by atoms with van der Waals surface area (Å²) >= 11 is 1.37. The van der Waals surface area contributed by atoms with E-state index in [1.165, 1.54) is 17.3 Å². The first kappa shape index (κ1) is 21.1. The van der Waals surface area contributed by atoms with Gasteiger partial charge in [-0.05, 0) is 31.7 Å². The molecule has 1 N–H and O–H groups in total. The van der Waals surface area contributed by atoms with E-state index in [2.05, 4.69) is 65.7 Å². The molecule has 8 heteroatoms. The smallest absolute Gasteiger partial charge is 0.238 e. The van der Waals surface area contributed by atoms with Gasteiger partial charge in [-0.1, -0.05) is 62.0 Å². The Hall–Kier alpha value is -2.61. The van der Waals surface area contributed by atoms with Gasteiger partial charge in [0.15, 0.2) is 16.8 Å². The number of aromatic nitrogens is 4. The van der Waals surface area contributed by atoms with Gasteiger partial charge in [-0.25, -0.2) is 0 Å². The van der Waals surface area contributed by atoms with Gasteiger partial charge in [-0.3, -0.25) is 4.79 Å². The van der Waals surface area contributed by atoms with E-state index in [9.17, 15) is 4.79 Å². The van der Waals surface area contributed by atoms with Crippen LogP contribution in [0.15, 0.2) is 40.0 Å². The molecule has 2 heterocycles. The standard InChI is InChI=1S/C21H27N5O2S/c1-7-26-18(15-8-10-16(11-9-15)21(4,5)6)23-24-20(26)29-14(3)19(27)22-17-12-13(2)28-25-17/h8-12,14H,7H2,1-6H3,(H,22,25,27). The summed E-state index contributed by atoms with van der Waals surface area (Å²) in [7, 11) is 0. The zero-order valence-corrected chi connectivity index (χ0v) is 18.5. The van der Waals surface area contributed by atoms with Gasteiger partial charge in [0.05, 0.1) is 5.25 Å². The highest BCUT2D eigenvalue weighted by molar-refractivity contribution is 8.00. The predicted octanol–water partition coefficient (Wildman–Crippen LogP) is 4.68. The number of hydrogen-bond donors (Lipinski definition) is 1. The third-order valence-corrected chi connectivity index (χ3v) is 5.65. The summed E-state index contributed by atoms with van der Waals surface area (Å²) in [4.78, 5) is 12.5. The van der Waals surface area contributed by atoms with Crippen molar-refractivity contribution < 1.29 is 9.32 Å². The van der Waals surface area contributed by atoms with E-state index in [1.807, 2.05) is 18.4 Å². The number of aryl methyl sites for hydroxylation is 1. The Kier molecular flexibility index (Phi) is 6.12. The molecule has 29 heavy (non-hydrogen) atoms. The second-order valence-electron chi connectivity index (χ2n) is 7.95. The van der Waals surface area contributed by atoms with E-state index in [0.29, 0.717) is 23.3 Å². The summed E-state index contributed by atoms with van der Waals surface area (Å²) in [5, 5.41) is 15.6. The molecule has 154 valence electrons. The van der Waals surface area contributed by atoms with Gasteiger partial charge in [0.1, 0.15) is 5.76 Å². The van der Waals surface area contributed by atoms with E-state index in [-0.39, 0.29) is 16.6 Å². The monoisotopic (exact) mass is 413 g/mol. The highest BCUT2D eigenvalue weighted by atomic mass is 32.2. The average Bonchev–Trinajstić information content (AvgIpc) is 3.26. The fourth-order valence-electron chi connectivity index (χ4n) is 2.86. The maximum Gasteiger partial charge on any atom is 0.238 e. The molecule has 0 aliphatic rings. The largest absolute Gasteiger partial charge is 0.360 e. The van der Waals surface area contributed by atoms with Crippen molar-refractivity contribution in [2.75, 3.05) is 5.32 Å². The molecule has 0 fully saturated rings. The lowest BCUT2D eigenvalue weighted by atomic mass is 9.87. The summed E-state index contributed by atoms with van der Waals surface area (Å²) in [6.07, 6.45) is 0. The average molecular weight is 414 g/mol. The predicted molar refractivity (Wildman–Crippen MR) is 115 cm³/mol.